The van der Waals surface area contributed by atoms with Crippen LogP contribution >= 0.6 is 0 Å². The summed E-state index contributed by atoms with van der Waals surface area (Å²) in [5, 5.41) is 6.77. The fourth-order valence-electron chi connectivity index (χ4n) is 2.57. The smallest absolute Gasteiger partial charge is 0.224 e. The molecular formula is C16H18N2O3. The molecule has 110 valence electrons. The van der Waals surface area contributed by atoms with Crippen LogP contribution in [0.4, 0.5) is 0 Å². The number of nitrogens with zero attached hydrogens (tertiary/aromatic N) is 1. The van der Waals surface area contributed by atoms with Gasteiger partial charge in [-0.15, -0.1) is 0 Å². The van der Waals surface area contributed by atoms with Gasteiger partial charge in [-0.25, -0.2) is 0 Å². The molecule has 1 aromatic carbocycles. The largest absolute Gasteiger partial charge is 0.488 e. The van der Waals surface area contributed by atoms with Gasteiger partial charge in [-0.3, -0.25) is 4.79 Å². The number of nitrogens with one attached hydrogen (secondary N) is 1. The van der Waals surface area contributed by atoms with Crippen molar-refractivity contribution in [3.8, 4) is 5.75 Å². The van der Waals surface area contributed by atoms with E-state index in [1.54, 1.807) is 0 Å². The summed E-state index contributed by atoms with van der Waals surface area (Å²) >= 11 is 0. The molecule has 0 bridgehead atoms. The van der Waals surface area contributed by atoms with Crippen LogP contribution in [0.2, 0.25) is 0 Å². The number of aryl methyl sites for hydroxylation is 2. The average molecular weight is 286 g/mol. The lowest BCUT2D eigenvalue weighted by atomic mass is 10.1. The van der Waals surface area contributed by atoms with Crippen molar-refractivity contribution >= 4 is 5.91 Å². The molecule has 0 spiro atoms. The summed E-state index contributed by atoms with van der Waals surface area (Å²) in [6.07, 6.45) is 1.14. The Labute approximate surface area is 123 Å². The molecule has 1 N–H and O–H groups in total. The molecule has 5 heteroatoms. The number of ether oxygens (including phenoxy) is 1. The molecule has 1 aliphatic heterocycles. The summed E-state index contributed by atoms with van der Waals surface area (Å²) in [7, 11) is 0. The molecule has 1 aromatic heterocycles. The summed E-state index contributed by atoms with van der Waals surface area (Å²) in [5.74, 6) is 1.58. The van der Waals surface area contributed by atoms with Crippen LogP contribution in [0, 0.1) is 13.8 Å². The molecule has 2 aromatic rings. The van der Waals surface area contributed by atoms with Crippen molar-refractivity contribution in [1.82, 2.24) is 10.5 Å². The Bertz CT molecular complexity index is 619. The van der Waals surface area contributed by atoms with Crippen LogP contribution in [0.5, 0.6) is 5.75 Å². The maximum absolute atomic E-state index is 12.0. The number of carbonyl (C=O) groups excluding carboxylic acids is 1. The van der Waals surface area contributed by atoms with Crippen LogP contribution in [-0.2, 0) is 17.6 Å². The van der Waals surface area contributed by atoms with Crippen molar-refractivity contribution in [2.75, 3.05) is 6.54 Å². The second kappa shape index (κ2) is 5.60. The molecule has 1 aliphatic rings. The van der Waals surface area contributed by atoms with Gasteiger partial charge in [-0.1, -0.05) is 23.4 Å². The fraction of sp³-hybridized carbons (Fsp3) is 0.375. The molecule has 0 fully saturated rings. The number of hydrogen-bond acceptors (Lipinski definition) is 4. The zero-order valence-electron chi connectivity index (χ0n) is 12.2. The van der Waals surface area contributed by atoms with Gasteiger partial charge in [0.1, 0.15) is 17.6 Å². The molecule has 21 heavy (non-hydrogen) atoms. The van der Waals surface area contributed by atoms with Gasteiger partial charge in [-0.05, 0) is 25.5 Å². The zero-order chi connectivity index (χ0) is 14.8. The van der Waals surface area contributed by atoms with E-state index in [0.717, 1.165) is 23.4 Å². The van der Waals surface area contributed by atoms with Crippen LogP contribution < -0.4 is 10.1 Å². The first-order valence-electron chi connectivity index (χ1n) is 7.06. The minimum absolute atomic E-state index is 0.0102. The minimum Gasteiger partial charge on any atom is -0.488 e. The van der Waals surface area contributed by atoms with Gasteiger partial charge in [0, 0.05) is 12.0 Å². The number of hydrogen-bond donors (Lipinski definition) is 1. The first-order valence-corrected chi connectivity index (χ1v) is 7.06. The van der Waals surface area contributed by atoms with Crippen molar-refractivity contribution in [2.45, 2.75) is 32.8 Å². The number of carbonyl (C=O) groups is 1. The van der Waals surface area contributed by atoms with Crippen molar-refractivity contribution in [2.24, 2.45) is 0 Å². The number of aromatic nitrogens is 1. The van der Waals surface area contributed by atoms with E-state index in [4.69, 9.17) is 9.26 Å². The molecule has 3 rings (SSSR count). The van der Waals surface area contributed by atoms with Gasteiger partial charge >= 0.3 is 0 Å². The Balaban J connectivity index is 1.52. The summed E-state index contributed by atoms with van der Waals surface area (Å²) in [5.41, 5.74) is 2.83. The van der Waals surface area contributed by atoms with Gasteiger partial charge in [0.15, 0.2) is 0 Å². The van der Waals surface area contributed by atoms with Gasteiger partial charge < -0.3 is 14.6 Å². The summed E-state index contributed by atoms with van der Waals surface area (Å²) in [6.45, 7) is 4.17. The van der Waals surface area contributed by atoms with E-state index in [0.29, 0.717) is 18.7 Å². The molecule has 0 saturated carbocycles. The molecule has 5 nitrogen and oxygen atoms in total. The van der Waals surface area contributed by atoms with Crippen molar-refractivity contribution in [3.63, 3.8) is 0 Å². The topological polar surface area (TPSA) is 64.4 Å². The molecule has 0 saturated heterocycles. The molecular weight excluding hydrogens is 268 g/mol. The Morgan fingerprint density at radius 2 is 2.19 bits per heavy atom. The van der Waals surface area contributed by atoms with E-state index in [2.05, 4.69) is 16.5 Å². The Kier molecular flexibility index (Phi) is 3.64. The molecule has 0 radical (unpaired) electrons. The van der Waals surface area contributed by atoms with Crippen LogP contribution in [0.25, 0.3) is 0 Å². The normalized spacial score (nSPS) is 16.4. The predicted molar refractivity (Wildman–Crippen MR) is 77.3 cm³/mol. The molecule has 0 unspecified atom stereocenters. The van der Waals surface area contributed by atoms with Gasteiger partial charge in [0.05, 0.1) is 18.7 Å². The Hall–Kier alpha value is -2.30. The van der Waals surface area contributed by atoms with Gasteiger partial charge in [-0.2, -0.15) is 0 Å². The highest BCUT2D eigenvalue weighted by Gasteiger charge is 2.23. The lowest BCUT2D eigenvalue weighted by molar-refractivity contribution is -0.120. The Morgan fingerprint density at radius 1 is 1.38 bits per heavy atom. The fourth-order valence-corrected chi connectivity index (χ4v) is 2.57. The van der Waals surface area contributed by atoms with Crippen LogP contribution in [0.3, 0.4) is 0 Å². The maximum Gasteiger partial charge on any atom is 0.224 e. The van der Waals surface area contributed by atoms with Crippen molar-refractivity contribution in [3.05, 3.63) is 46.8 Å². The lowest BCUT2D eigenvalue weighted by Crippen LogP contribution is -2.35. The highest BCUT2D eigenvalue weighted by atomic mass is 16.5. The Morgan fingerprint density at radius 3 is 2.90 bits per heavy atom. The number of amides is 1. The van der Waals surface area contributed by atoms with Crippen LogP contribution in [0.15, 0.2) is 28.8 Å². The molecule has 1 atom stereocenters. The van der Waals surface area contributed by atoms with E-state index < -0.39 is 0 Å². The summed E-state index contributed by atoms with van der Waals surface area (Å²) in [4.78, 5) is 12.0. The quantitative estimate of drug-likeness (QED) is 0.933. The van der Waals surface area contributed by atoms with E-state index in [-0.39, 0.29) is 12.0 Å². The third-order valence-corrected chi connectivity index (χ3v) is 3.76. The SMILES string of the molecule is Cc1noc(C)c1CC(=O)NC[C@H]1Cc2ccccc2O1. The first kappa shape index (κ1) is 13.7. The third kappa shape index (κ3) is 2.91. The van der Waals surface area contributed by atoms with E-state index in [1.165, 1.54) is 5.56 Å². The van der Waals surface area contributed by atoms with Crippen molar-refractivity contribution < 1.29 is 14.1 Å². The molecule has 0 aliphatic carbocycles. The number of rotatable bonds is 4. The summed E-state index contributed by atoms with van der Waals surface area (Å²) < 4.78 is 10.9. The second-order valence-electron chi connectivity index (χ2n) is 5.34. The highest BCUT2D eigenvalue weighted by Crippen LogP contribution is 2.27. The van der Waals surface area contributed by atoms with E-state index in [9.17, 15) is 4.79 Å². The lowest BCUT2D eigenvalue weighted by Gasteiger charge is -2.11. The third-order valence-electron chi connectivity index (χ3n) is 3.76. The van der Waals surface area contributed by atoms with E-state index >= 15 is 0 Å². The standard InChI is InChI=1S/C16H18N2O3/c1-10-14(11(2)21-18-10)8-16(19)17-9-13-7-12-5-3-4-6-15(12)20-13/h3-6,13H,7-9H2,1-2H3,(H,17,19)/t13-/m1/s1. The van der Waals surface area contributed by atoms with Gasteiger partial charge in [0.2, 0.25) is 5.91 Å². The predicted octanol–water partition coefficient (Wildman–Crippen LogP) is 1.95. The van der Waals surface area contributed by atoms with Crippen LogP contribution in [-0.4, -0.2) is 23.7 Å². The first-order chi connectivity index (χ1) is 10.1. The van der Waals surface area contributed by atoms with E-state index in [1.807, 2.05) is 32.0 Å². The van der Waals surface area contributed by atoms with Gasteiger partial charge in [0.25, 0.3) is 0 Å². The van der Waals surface area contributed by atoms with Crippen LogP contribution in [0.1, 0.15) is 22.6 Å². The minimum atomic E-state index is -0.0380. The number of benzene rings is 1. The number of fused-ring (bicyclic) bond motifs is 1. The van der Waals surface area contributed by atoms with Crippen molar-refractivity contribution in [1.29, 1.82) is 0 Å². The zero-order valence-corrected chi connectivity index (χ0v) is 12.2. The maximum atomic E-state index is 12.0. The number of para-hydroxylation sites is 1. The second-order valence-corrected chi connectivity index (χ2v) is 5.34. The average Bonchev–Trinajstić information content (AvgIpc) is 3.03. The summed E-state index contributed by atoms with van der Waals surface area (Å²) in [6, 6.07) is 7.97. The monoisotopic (exact) mass is 286 g/mol. The molecule has 2 heterocycles. The molecule has 1 amide bonds. The highest BCUT2D eigenvalue weighted by molar-refractivity contribution is 5.79.